The highest BCUT2D eigenvalue weighted by Crippen LogP contribution is 2.43. The minimum Gasteiger partial charge on any atom is -0.478 e. The molecule has 0 unspecified atom stereocenters. The quantitative estimate of drug-likeness (QED) is 0.0400. The molecule has 0 fully saturated rings. The number of aromatic carboxylic acids is 1. The molecule has 0 aliphatic carbocycles. The van der Waals surface area contributed by atoms with Crippen molar-refractivity contribution >= 4 is 81.3 Å². The van der Waals surface area contributed by atoms with Crippen molar-refractivity contribution in [3.8, 4) is 80.3 Å². The van der Waals surface area contributed by atoms with Crippen LogP contribution in [-0.2, 0) is 4.79 Å². The molecule has 1 N–H and O–H groups in total. The number of carboxylic acids is 1. The van der Waals surface area contributed by atoms with Crippen LogP contribution in [0.2, 0.25) is 0 Å². The Labute approximate surface area is 398 Å². The summed E-state index contributed by atoms with van der Waals surface area (Å²) in [5, 5.41) is 9.70. The summed E-state index contributed by atoms with van der Waals surface area (Å²) in [6, 6.07) is 31.9. The molecule has 0 amide bonds. The van der Waals surface area contributed by atoms with Crippen molar-refractivity contribution in [1.82, 2.24) is 19.9 Å². The smallest absolute Gasteiger partial charge is 0.335 e. The van der Waals surface area contributed by atoms with E-state index >= 15 is 0 Å². The lowest BCUT2D eigenvalue weighted by atomic mass is 10.1. The van der Waals surface area contributed by atoms with E-state index in [4.69, 9.17) is 19.7 Å². The van der Waals surface area contributed by atoms with Crippen molar-refractivity contribution in [1.29, 1.82) is 0 Å². The molecule has 0 aliphatic rings. The third-order valence-electron chi connectivity index (χ3n) is 10.3. The highest BCUT2D eigenvalue weighted by molar-refractivity contribution is 8.01. The molecule has 64 heavy (non-hydrogen) atoms. The Morgan fingerprint density at radius 3 is 1.59 bits per heavy atom. The summed E-state index contributed by atoms with van der Waals surface area (Å²) in [6.07, 6.45) is 13.4. The number of carbonyl (C=O) groups excluding carboxylic acids is 1. The third-order valence-corrected chi connectivity index (χ3v) is 17.7. The molecule has 8 rings (SSSR count). The van der Waals surface area contributed by atoms with E-state index < -0.39 is 5.97 Å². The Hall–Kier alpha value is -4.96. The Morgan fingerprint density at radius 2 is 1.02 bits per heavy atom. The maximum atomic E-state index is 11.9. The lowest BCUT2D eigenvalue weighted by Crippen LogP contribution is -2.00. The van der Waals surface area contributed by atoms with E-state index in [9.17, 15) is 14.7 Å². The van der Waals surface area contributed by atoms with Gasteiger partial charge in [0.1, 0.15) is 5.75 Å². The van der Waals surface area contributed by atoms with E-state index in [1.165, 1.54) is 97.6 Å². The molecule has 14 heteroatoms. The number of hydrogen-bond donors (Lipinski definition) is 1. The SMILES string of the molecule is CCCCCCSc1ccc(-c2ccc(-c3ccnc(-c4cc(-c5ccc(-c6ccc(SCCCCCC)s6)s5)cc(-c5cc(OC=O)cc(-c6cc(C(=O)O)ccn6)n5)n4)c3)s2)s1. The normalized spacial score (nSPS) is 11.3. The number of thioether (sulfide) groups is 2. The van der Waals surface area contributed by atoms with E-state index in [0.29, 0.717) is 40.6 Å². The maximum Gasteiger partial charge on any atom is 0.335 e. The second kappa shape index (κ2) is 22.3. The van der Waals surface area contributed by atoms with Gasteiger partial charge in [0, 0.05) is 53.8 Å². The van der Waals surface area contributed by atoms with E-state index in [0.717, 1.165) is 32.4 Å². The zero-order valence-electron chi connectivity index (χ0n) is 35.5. The summed E-state index contributed by atoms with van der Waals surface area (Å²) < 4.78 is 8.04. The zero-order valence-corrected chi connectivity index (χ0v) is 40.4. The van der Waals surface area contributed by atoms with Gasteiger partial charge in [0.2, 0.25) is 0 Å². The topological polar surface area (TPSA) is 115 Å². The van der Waals surface area contributed by atoms with Gasteiger partial charge in [-0.3, -0.25) is 14.8 Å². The van der Waals surface area contributed by atoms with Gasteiger partial charge in [-0.25, -0.2) is 14.8 Å². The van der Waals surface area contributed by atoms with Gasteiger partial charge < -0.3 is 9.84 Å². The number of thiophene rings is 4. The summed E-state index contributed by atoms with van der Waals surface area (Å²) in [5.41, 5.74) is 4.96. The first kappa shape index (κ1) is 45.6. The second-order valence-corrected chi connectivity index (χ2v) is 22.1. The molecule has 8 nitrogen and oxygen atoms in total. The minimum atomic E-state index is -1.09. The molecule has 0 bridgehead atoms. The summed E-state index contributed by atoms with van der Waals surface area (Å²) >= 11 is 11.1. The Kier molecular flexibility index (Phi) is 15.9. The lowest BCUT2D eigenvalue weighted by Gasteiger charge is -2.11. The average molecular weight is 959 g/mol. The summed E-state index contributed by atoms with van der Waals surface area (Å²) in [6.45, 7) is 4.84. The van der Waals surface area contributed by atoms with Crippen LogP contribution in [0.3, 0.4) is 0 Å². The van der Waals surface area contributed by atoms with Gasteiger partial charge in [0.05, 0.1) is 48.1 Å². The van der Waals surface area contributed by atoms with Crippen molar-refractivity contribution in [2.45, 2.75) is 73.6 Å². The molecule has 0 spiro atoms. The summed E-state index contributed by atoms with van der Waals surface area (Å²) in [7, 11) is 0. The van der Waals surface area contributed by atoms with E-state index in [1.807, 2.05) is 64.5 Å². The molecule has 0 aliphatic heterocycles. The van der Waals surface area contributed by atoms with Crippen molar-refractivity contribution < 1.29 is 19.4 Å². The standard InChI is InChI=1S/C50H46N4O4S6/c1-3-5-7-9-23-59-48-17-15-46(63-48)44-13-11-42(61-44)32-19-21-51-36(25-32)38-27-34(43-12-14-45(62-43)47-16-18-49(64-47)60-24-10-8-6-4-2)28-39(53-38)41-30-35(58-31-55)29-40(54-41)37-26-33(50(56)57)20-22-52-37/h11-22,25-31H,3-10,23-24H2,1-2H3,(H,56,57). The predicted molar refractivity (Wildman–Crippen MR) is 271 cm³/mol. The number of hydrogen-bond acceptors (Lipinski definition) is 13. The molecule has 8 aromatic rings. The van der Waals surface area contributed by atoms with Crippen molar-refractivity contribution in [3.63, 3.8) is 0 Å². The monoisotopic (exact) mass is 958 g/mol. The predicted octanol–water partition coefficient (Wildman–Crippen LogP) is 15.8. The number of carbonyl (C=O) groups is 2. The second-order valence-electron chi connectivity index (χ2n) is 15.0. The molecule has 0 aromatic carbocycles. The van der Waals surface area contributed by atoms with Gasteiger partial charge >= 0.3 is 5.97 Å². The molecule has 0 atom stereocenters. The first-order valence-electron chi connectivity index (χ1n) is 21.3. The van der Waals surface area contributed by atoms with Gasteiger partial charge in [-0.1, -0.05) is 52.4 Å². The van der Waals surface area contributed by atoms with E-state index in [-0.39, 0.29) is 11.3 Å². The van der Waals surface area contributed by atoms with Gasteiger partial charge in [0.15, 0.2) is 0 Å². The van der Waals surface area contributed by atoms with Crippen molar-refractivity contribution in [2.75, 3.05) is 11.5 Å². The highest BCUT2D eigenvalue weighted by atomic mass is 32.2. The number of pyridine rings is 4. The number of carboxylic acid groups (broad SMARTS) is 1. The van der Waals surface area contributed by atoms with Crippen LogP contribution in [0.15, 0.2) is 118 Å². The molecular formula is C50H46N4O4S6. The molecule has 8 aromatic heterocycles. The Balaban J connectivity index is 1.14. The van der Waals surface area contributed by atoms with Gasteiger partial charge in [-0.2, -0.15) is 0 Å². The fourth-order valence-corrected chi connectivity index (χ4v) is 13.6. The largest absolute Gasteiger partial charge is 0.478 e. The Morgan fingerprint density at radius 1 is 0.547 bits per heavy atom. The first-order chi connectivity index (χ1) is 31.4. The van der Waals surface area contributed by atoms with Gasteiger partial charge in [-0.15, -0.1) is 68.9 Å². The van der Waals surface area contributed by atoms with Crippen LogP contribution in [0.5, 0.6) is 5.75 Å². The number of unbranched alkanes of at least 4 members (excludes halogenated alkanes) is 6. The zero-order chi connectivity index (χ0) is 44.3. The lowest BCUT2D eigenvalue weighted by molar-refractivity contribution is -0.120. The number of ether oxygens (including phenoxy) is 1. The number of rotatable bonds is 22. The van der Waals surface area contributed by atoms with Gasteiger partial charge in [-0.05, 0) is 120 Å². The van der Waals surface area contributed by atoms with Crippen LogP contribution in [0.4, 0.5) is 0 Å². The molecule has 8 heterocycles. The summed E-state index contributed by atoms with van der Waals surface area (Å²) in [5.74, 6) is 1.42. The van der Waals surface area contributed by atoms with Crippen LogP contribution >= 0.6 is 68.9 Å². The van der Waals surface area contributed by atoms with E-state index in [2.05, 4.69) is 79.5 Å². The van der Waals surface area contributed by atoms with Crippen molar-refractivity contribution in [3.05, 3.63) is 115 Å². The van der Waals surface area contributed by atoms with Gasteiger partial charge in [0.25, 0.3) is 6.47 Å². The average Bonchev–Trinajstić information content (AvgIpc) is 4.17. The van der Waals surface area contributed by atoms with Crippen LogP contribution in [0.25, 0.3) is 74.6 Å². The number of aromatic nitrogens is 4. The molecule has 0 saturated carbocycles. The molecule has 0 saturated heterocycles. The maximum absolute atomic E-state index is 11.9. The van der Waals surface area contributed by atoms with Crippen LogP contribution in [0, 0.1) is 0 Å². The minimum absolute atomic E-state index is 0.0607. The first-order valence-corrected chi connectivity index (χ1v) is 26.6. The molecule has 326 valence electrons. The molecular weight excluding hydrogens is 913 g/mol. The van der Waals surface area contributed by atoms with Crippen LogP contribution in [-0.4, -0.2) is 49.0 Å². The highest BCUT2D eigenvalue weighted by Gasteiger charge is 2.18. The number of nitrogens with zero attached hydrogens (tertiary/aromatic N) is 4. The van der Waals surface area contributed by atoms with E-state index in [1.54, 1.807) is 34.8 Å². The summed E-state index contributed by atoms with van der Waals surface area (Å²) in [4.78, 5) is 49.9. The third kappa shape index (κ3) is 11.6. The molecule has 0 radical (unpaired) electrons. The van der Waals surface area contributed by atoms with Crippen LogP contribution < -0.4 is 4.74 Å². The van der Waals surface area contributed by atoms with Crippen LogP contribution in [0.1, 0.15) is 75.6 Å². The fourth-order valence-electron chi connectivity index (χ4n) is 6.97. The fraction of sp³-hybridized carbons (Fsp3) is 0.240. The van der Waals surface area contributed by atoms with Crippen molar-refractivity contribution in [2.24, 2.45) is 0 Å². The Bertz CT molecular complexity index is 2840.